The molecular formula is C72H46N2. The molecule has 0 amide bonds. The van der Waals surface area contributed by atoms with Crippen molar-refractivity contribution in [2.75, 3.05) is 23.9 Å². The summed E-state index contributed by atoms with van der Waals surface area (Å²) in [4.78, 5) is 4.86. The molecule has 0 radical (unpaired) electrons. The molecule has 74 heavy (non-hydrogen) atoms. The monoisotopic (exact) mass is 938 g/mol. The van der Waals surface area contributed by atoms with Crippen molar-refractivity contribution in [1.29, 1.82) is 0 Å². The van der Waals surface area contributed by atoms with Crippen LogP contribution in [-0.4, -0.2) is 14.1 Å². The van der Waals surface area contributed by atoms with Crippen molar-refractivity contribution in [3.05, 3.63) is 243 Å². The molecule has 16 rings (SSSR count). The first-order valence-electron chi connectivity index (χ1n) is 25.8. The quantitative estimate of drug-likeness (QED) is 0.162. The lowest BCUT2D eigenvalue weighted by atomic mass is 9.82. The second-order valence-corrected chi connectivity index (χ2v) is 20.4. The fourth-order valence-corrected chi connectivity index (χ4v) is 13.3. The van der Waals surface area contributed by atoms with E-state index in [4.69, 9.17) is 0 Å². The summed E-state index contributed by atoms with van der Waals surface area (Å²) in [6, 6.07) is 90.9. The smallest absolute Gasteiger partial charge is 0.0496 e. The van der Waals surface area contributed by atoms with Crippen LogP contribution in [0.2, 0.25) is 0 Å². The largest absolute Gasteiger partial charge is 0.344 e. The molecule has 0 atom stereocenters. The first-order valence-corrected chi connectivity index (χ1v) is 25.8. The maximum absolute atomic E-state index is 2.44. The molecule has 2 aliphatic heterocycles. The van der Waals surface area contributed by atoms with Gasteiger partial charge in [-0.15, -0.1) is 0 Å². The minimum Gasteiger partial charge on any atom is -0.344 e. The molecular weight excluding hydrogens is 893 g/mol. The third kappa shape index (κ3) is 5.76. The van der Waals surface area contributed by atoms with E-state index in [0.29, 0.717) is 0 Å². The van der Waals surface area contributed by atoms with Crippen LogP contribution >= 0.6 is 0 Å². The fraction of sp³-hybridized carbons (Fsp3) is 0.0278. The zero-order valence-corrected chi connectivity index (χ0v) is 41.0. The molecule has 0 aromatic heterocycles. The van der Waals surface area contributed by atoms with Crippen molar-refractivity contribution in [1.82, 2.24) is 0 Å². The first-order chi connectivity index (χ1) is 36.6. The number of nitrogens with zero attached hydrogens (tertiary/aromatic N) is 2. The Labute approximate surface area is 429 Å². The highest BCUT2D eigenvalue weighted by Crippen LogP contribution is 2.57. The molecule has 14 aromatic rings. The summed E-state index contributed by atoms with van der Waals surface area (Å²) in [5.74, 6) is 0. The van der Waals surface area contributed by atoms with Gasteiger partial charge in [-0.05, 0) is 157 Å². The summed E-state index contributed by atoms with van der Waals surface area (Å²) in [6.45, 7) is 0. The van der Waals surface area contributed by atoms with Gasteiger partial charge in [0.25, 0.3) is 0 Å². The van der Waals surface area contributed by atoms with Crippen LogP contribution in [0.1, 0.15) is 0 Å². The first kappa shape index (κ1) is 41.2. The second kappa shape index (κ2) is 15.5. The molecule has 0 fully saturated rings. The molecule has 2 aliphatic rings. The van der Waals surface area contributed by atoms with Crippen molar-refractivity contribution in [3.8, 4) is 66.8 Å². The van der Waals surface area contributed by atoms with Gasteiger partial charge in [0.15, 0.2) is 0 Å². The highest BCUT2D eigenvalue weighted by Gasteiger charge is 2.31. The molecule has 0 saturated carbocycles. The molecule has 2 nitrogen and oxygen atoms in total. The number of anilines is 4. The Hall–Kier alpha value is -9.50. The van der Waals surface area contributed by atoms with E-state index in [1.807, 2.05) is 0 Å². The van der Waals surface area contributed by atoms with Gasteiger partial charge in [-0.2, -0.15) is 0 Å². The summed E-state index contributed by atoms with van der Waals surface area (Å²) in [6.07, 6.45) is 0. The Kier molecular flexibility index (Phi) is 8.62. The maximum atomic E-state index is 2.44. The van der Waals surface area contributed by atoms with Crippen molar-refractivity contribution in [3.63, 3.8) is 0 Å². The summed E-state index contributed by atoms with van der Waals surface area (Å²) in [7, 11) is 4.50. The molecule has 2 heteroatoms. The van der Waals surface area contributed by atoms with Gasteiger partial charge in [-0.25, -0.2) is 0 Å². The zero-order valence-electron chi connectivity index (χ0n) is 41.0. The molecule has 0 aliphatic carbocycles. The molecule has 2 heterocycles. The number of rotatable bonds is 4. The van der Waals surface area contributed by atoms with Crippen LogP contribution in [-0.2, 0) is 0 Å². The lowest BCUT2D eigenvalue weighted by Crippen LogP contribution is -2.19. The van der Waals surface area contributed by atoms with E-state index < -0.39 is 0 Å². The highest BCUT2D eigenvalue weighted by molar-refractivity contribution is 6.26. The third-order valence-electron chi connectivity index (χ3n) is 16.7. The lowest BCUT2D eigenvalue weighted by molar-refractivity contribution is 1.19. The average Bonchev–Trinajstić information content (AvgIpc) is 3.47. The standard InChI is InChI=1S/C72H46N2/c1-73-63-37-38-64-72-62(52-34-32-50(42-66(52)74(64)2)70-59-25-13-9-21-55(59)68(56-22-10-14-26-60(56)70)48-30-28-44-16-4-6-18-46(44)40-48)36-35-61(71(63)72)51-33-31-49(41-65(51)73)69-57-23-11-7-19-53(57)67(54-20-8-12-24-58(54)69)47-29-27-43-15-3-5-17-45(43)39-47/h3-42H,1-2H3. The van der Waals surface area contributed by atoms with Crippen molar-refractivity contribution in [2.45, 2.75) is 0 Å². The van der Waals surface area contributed by atoms with Crippen LogP contribution in [0.25, 0.3) is 142 Å². The van der Waals surface area contributed by atoms with Gasteiger partial charge < -0.3 is 9.80 Å². The molecule has 0 saturated heterocycles. The Balaban J connectivity index is 0.834. The van der Waals surface area contributed by atoms with Crippen LogP contribution in [0.3, 0.4) is 0 Å². The van der Waals surface area contributed by atoms with E-state index in [9.17, 15) is 0 Å². The van der Waals surface area contributed by atoms with Crippen LogP contribution in [0.5, 0.6) is 0 Å². The van der Waals surface area contributed by atoms with Gasteiger partial charge in [-0.3, -0.25) is 0 Å². The van der Waals surface area contributed by atoms with Gasteiger partial charge in [0, 0.05) is 58.7 Å². The van der Waals surface area contributed by atoms with E-state index in [1.54, 1.807) is 0 Å². The minimum atomic E-state index is 1.21. The Morgan fingerprint density at radius 2 is 0.486 bits per heavy atom. The van der Waals surface area contributed by atoms with E-state index in [-0.39, 0.29) is 0 Å². The summed E-state index contributed by atoms with van der Waals surface area (Å²) >= 11 is 0. The van der Waals surface area contributed by atoms with Crippen LogP contribution in [0.4, 0.5) is 22.7 Å². The normalized spacial score (nSPS) is 12.7. The van der Waals surface area contributed by atoms with E-state index in [0.717, 1.165) is 0 Å². The molecule has 344 valence electrons. The van der Waals surface area contributed by atoms with Crippen molar-refractivity contribution >= 4 is 98.2 Å². The van der Waals surface area contributed by atoms with Crippen LogP contribution < -0.4 is 9.80 Å². The van der Waals surface area contributed by atoms with Gasteiger partial charge in [0.1, 0.15) is 0 Å². The number of fused-ring (bicyclic) bond motifs is 10. The van der Waals surface area contributed by atoms with Gasteiger partial charge in [0.05, 0.1) is 0 Å². The fourth-order valence-electron chi connectivity index (χ4n) is 13.3. The van der Waals surface area contributed by atoms with E-state index >= 15 is 0 Å². The maximum Gasteiger partial charge on any atom is 0.0496 e. The minimum absolute atomic E-state index is 1.21. The van der Waals surface area contributed by atoms with E-state index in [2.05, 4.69) is 267 Å². The predicted molar refractivity (Wildman–Crippen MR) is 318 cm³/mol. The Bertz CT molecular complexity index is 4350. The Morgan fingerprint density at radius 3 is 0.824 bits per heavy atom. The molecule has 0 spiro atoms. The average molecular weight is 939 g/mol. The summed E-state index contributed by atoms with van der Waals surface area (Å²) < 4.78 is 0. The number of hydrogen-bond donors (Lipinski definition) is 0. The van der Waals surface area contributed by atoms with E-state index in [1.165, 1.54) is 165 Å². The van der Waals surface area contributed by atoms with Gasteiger partial charge in [-0.1, -0.05) is 206 Å². The number of hydrogen-bond acceptors (Lipinski definition) is 2. The lowest BCUT2D eigenvalue weighted by Gasteiger charge is -2.36. The topological polar surface area (TPSA) is 6.48 Å². The predicted octanol–water partition coefficient (Wildman–Crippen LogP) is 19.9. The highest BCUT2D eigenvalue weighted by atomic mass is 15.1. The summed E-state index contributed by atoms with van der Waals surface area (Å²) in [5, 5.41) is 17.7. The molecule has 0 bridgehead atoms. The molecule has 0 unspecified atom stereocenters. The van der Waals surface area contributed by atoms with Crippen molar-refractivity contribution in [2.24, 2.45) is 0 Å². The number of benzene rings is 14. The molecule has 0 N–H and O–H groups in total. The van der Waals surface area contributed by atoms with Gasteiger partial charge >= 0.3 is 0 Å². The molecule has 14 aromatic carbocycles. The third-order valence-corrected chi connectivity index (χ3v) is 16.7. The summed E-state index contributed by atoms with van der Waals surface area (Å²) in [5.41, 5.74) is 20.0. The second-order valence-electron chi connectivity index (χ2n) is 20.4. The SMILES string of the molecule is CN1c2cc(-c3c4ccccc4c(-c4ccc5ccccc5c4)c4ccccc34)ccc2-c2ccc3c4c(ccc1c24)N(C)c1cc(-c2c4ccccc4c(-c4ccc5ccccc5c4)c4ccccc24)ccc1-3. The Morgan fingerprint density at radius 1 is 0.216 bits per heavy atom. The van der Waals surface area contributed by atoms with Gasteiger partial charge in [0.2, 0.25) is 0 Å². The van der Waals surface area contributed by atoms with Crippen LogP contribution in [0.15, 0.2) is 243 Å². The van der Waals surface area contributed by atoms with Crippen LogP contribution in [0, 0.1) is 0 Å². The van der Waals surface area contributed by atoms with Crippen molar-refractivity contribution < 1.29 is 0 Å². The zero-order chi connectivity index (χ0) is 48.8.